The van der Waals surface area contributed by atoms with Crippen LogP contribution >= 0.6 is 11.8 Å². The molecule has 1 heterocycles. The molecule has 1 aromatic heterocycles. The van der Waals surface area contributed by atoms with Gasteiger partial charge in [-0.05, 0) is 54.8 Å². The van der Waals surface area contributed by atoms with Crippen molar-refractivity contribution in [1.82, 2.24) is 10.2 Å². The van der Waals surface area contributed by atoms with E-state index in [1.807, 2.05) is 18.4 Å². The van der Waals surface area contributed by atoms with Gasteiger partial charge in [-0.3, -0.25) is 10.1 Å². The van der Waals surface area contributed by atoms with E-state index in [9.17, 15) is 9.18 Å². The summed E-state index contributed by atoms with van der Waals surface area (Å²) in [5, 5.41) is 10.1. The van der Waals surface area contributed by atoms with Crippen LogP contribution in [-0.4, -0.2) is 22.4 Å². The zero-order valence-electron chi connectivity index (χ0n) is 12.1. The summed E-state index contributed by atoms with van der Waals surface area (Å²) in [4.78, 5) is 13.2. The maximum atomic E-state index is 12.9. The van der Waals surface area contributed by atoms with E-state index in [0.717, 1.165) is 4.90 Å². The summed E-state index contributed by atoms with van der Waals surface area (Å²) in [7, 11) is 0. The molecule has 0 unspecified atom stereocenters. The molecule has 0 fully saturated rings. The maximum absolute atomic E-state index is 12.9. The second-order valence-corrected chi connectivity index (χ2v) is 5.48. The number of benzene rings is 2. The van der Waals surface area contributed by atoms with Gasteiger partial charge in [-0.25, -0.2) is 4.39 Å². The first kappa shape index (κ1) is 15.2. The molecule has 1 amide bonds. The second kappa shape index (κ2) is 6.62. The second-order valence-electron chi connectivity index (χ2n) is 4.60. The standard InChI is InChI=1S/C16H12FN3O2S/c1-23-13-8-4-10(5-9-13)14(21)18-16-20-19-15(22-16)11-2-6-12(17)7-3-11/h2-9H,1H3,(H,18,20,21). The van der Waals surface area contributed by atoms with Crippen LogP contribution in [0.1, 0.15) is 10.4 Å². The molecule has 23 heavy (non-hydrogen) atoms. The number of carbonyl (C=O) groups excluding carboxylic acids is 1. The highest BCUT2D eigenvalue weighted by molar-refractivity contribution is 7.98. The molecular formula is C16H12FN3O2S. The van der Waals surface area contributed by atoms with E-state index in [1.165, 1.54) is 24.3 Å². The van der Waals surface area contributed by atoms with E-state index in [-0.39, 0.29) is 23.6 Å². The number of hydrogen-bond acceptors (Lipinski definition) is 5. The van der Waals surface area contributed by atoms with Gasteiger partial charge >= 0.3 is 6.01 Å². The molecule has 0 saturated heterocycles. The van der Waals surface area contributed by atoms with Crippen LogP contribution in [0.5, 0.6) is 0 Å². The van der Waals surface area contributed by atoms with Crippen molar-refractivity contribution in [2.24, 2.45) is 0 Å². The molecule has 0 aliphatic heterocycles. The van der Waals surface area contributed by atoms with Crippen molar-refractivity contribution in [2.45, 2.75) is 4.90 Å². The van der Waals surface area contributed by atoms with Crippen molar-refractivity contribution in [2.75, 3.05) is 11.6 Å². The van der Waals surface area contributed by atoms with E-state index in [2.05, 4.69) is 15.5 Å². The summed E-state index contributed by atoms with van der Waals surface area (Å²) in [6.45, 7) is 0. The molecule has 0 radical (unpaired) electrons. The molecule has 0 aliphatic carbocycles. The summed E-state index contributed by atoms with van der Waals surface area (Å²) in [5.74, 6) is -0.486. The molecule has 0 spiro atoms. The molecule has 1 N–H and O–H groups in total. The lowest BCUT2D eigenvalue weighted by Crippen LogP contribution is -2.11. The average Bonchev–Trinajstić information content (AvgIpc) is 3.04. The zero-order valence-corrected chi connectivity index (χ0v) is 12.9. The maximum Gasteiger partial charge on any atom is 0.322 e. The summed E-state index contributed by atoms with van der Waals surface area (Å²) in [5.41, 5.74) is 1.06. The van der Waals surface area contributed by atoms with Crippen LogP contribution in [0.3, 0.4) is 0 Å². The van der Waals surface area contributed by atoms with Gasteiger partial charge in [0.2, 0.25) is 5.89 Å². The molecular weight excluding hydrogens is 317 g/mol. The van der Waals surface area contributed by atoms with E-state index >= 15 is 0 Å². The third-order valence-corrected chi connectivity index (χ3v) is 3.83. The first-order valence-corrected chi connectivity index (χ1v) is 7.93. The molecule has 2 aromatic carbocycles. The molecule has 0 bridgehead atoms. The molecule has 3 rings (SSSR count). The number of hydrogen-bond donors (Lipinski definition) is 1. The quantitative estimate of drug-likeness (QED) is 0.736. The molecule has 7 heteroatoms. The highest BCUT2D eigenvalue weighted by Gasteiger charge is 2.12. The van der Waals surface area contributed by atoms with Crippen molar-refractivity contribution in [3.05, 3.63) is 59.9 Å². The molecule has 116 valence electrons. The fraction of sp³-hybridized carbons (Fsp3) is 0.0625. The Balaban J connectivity index is 1.73. The largest absolute Gasteiger partial charge is 0.403 e. The Kier molecular flexibility index (Phi) is 4.38. The van der Waals surface area contributed by atoms with Crippen LogP contribution in [0.2, 0.25) is 0 Å². The highest BCUT2D eigenvalue weighted by Crippen LogP contribution is 2.20. The fourth-order valence-corrected chi connectivity index (χ4v) is 2.30. The Hall–Kier alpha value is -2.67. The van der Waals surface area contributed by atoms with Gasteiger partial charge in [0, 0.05) is 16.0 Å². The first-order chi connectivity index (χ1) is 11.2. The van der Waals surface area contributed by atoms with Gasteiger partial charge < -0.3 is 4.42 Å². The minimum absolute atomic E-state index is 0.0109. The number of carbonyl (C=O) groups is 1. The summed E-state index contributed by atoms with van der Waals surface area (Å²) >= 11 is 1.60. The number of aromatic nitrogens is 2. The number of amides is 1. The van der Waals surface area contributed by atoms with Gasteiger partial charge in [0.05, 0.1) is 0 Å². The van der Waals surface area contributed by atoms with E-state index in [1.54, 1.807) is 23.9 Å². The van der Waals surface area contributed by atoms with Crippen LogP contribution in [0.15, 0.2) is 57.8 Å². The fourth-order valence-electron chi connectivity index (χ4n) is 1.89. The number of thioether (sulfide) groups is 1. The molecule has 0 saturated carbocycles. The van der Waals surface area contributed by atoms with Gasteiger partial charge in [0.25, 0.3) is 5.91 Å². The van der Waals surface area contributed by atoms with Crippen molar-refractivity contribution < 1.29 is 13.6 Å². The Bertz CT molecular complexity index is 816. The van der Waals surface area contributed by atoms with Gasteiger partial charge in [0.1, 0.15) is 5.82 Å². The van der Waals surface area contributed by atoms with Gasteiger partial charge in [-0.15, -0.1) is 16.9 Å². The average molecular weight is 329 g/mol. The highest BCUT2D eigenvalue weighted by atomic mass is 32.2. The van der Waals surface area contributed by atoms with Crippen LogP contribution in [0.4, 0.5) is 10.4 Å². The minimum Gasteiger partial charge on any atom is -0.403 e. The number of rotatable bonds is 4. The monoisotopic (exact) mass is 329 g/mol. The smallest absolute Gasteiger partial charge is 0.322 e. The van der Waals surface area contributed by atoms with E-state index < -0.39 is 0 Å². The SMILES string of the molecule is CSc1ccc(C(=O)Nc2nnc(-c3ccc(F)cc3)o2)cc1. The lowest BCUT2D eigenvalue weighted by Gasteiger charge is -2.01. The number of nitrogens with one attached hydrogen (secondary N) is 1. The van der Waals surface area contributed by atoms with Crippen LogP contribution in [0, 0.1) is 5.82 Å². The predicted molar refractivity (Wildman–Crippen MR) is 85.9 cm³/mol. The van der Waals surface area contributed by atoms with Crippen LogP contribution in [0.25, 0.3) is 11.5 Å². The summed E-state index contributed by atoms with van der Waals surface area (Å²) in [6, 6.07) is 12.8. The molecule has 0 atom stereocenters. The Morgan fingerprint density at radius 3 is 2.43 bits per heavy atom. The Morgan fingerprint density at radius 2 is 1.78 bits per heavy atom. The van der Waals surface area contributed by atoms with Crippen molar-refractivity contribution >= 4 is 23.7 Å². The van der Waals surface area contributed by atoms with E-state index in [0.29, 0.717) is 11.1 Å². The molecule has 5 nitrogen and oxygen atoms in total. The van der Waals surface area contributed by atoms with Crippen LogP contribution in [-0.2, 0) is 0 Å². The Labute approximate surface area is 135 Å². The first-order valence-electron chi connectivity index (χ1n) is 6.70. The summed E-state index contributed by atoms with van der Waals surface area (Å²) < 4.78 is 18.3. The number of nitrogens with zero attached hydrogens (tertiary/aromatic N) is 2. The zero-order chi connectivity index (χ0) is 16.2. The number of halogens is 1. The normalized spacial score (nSPS) is 10.5. The van der Waals surface area contributed by atoms with Crippen molar-refractivity contribution in [3.8, 4) is 11.5 Å². The van der Waals surface area contributed by atoms with Crippen LogP contribution < -0.4 is 5.32 Å². The van der Waals surface area contributed by atoms with Gasteiger partial charge in [-0.2, -0.15) is 0 Å². The Morgan fingerprint density at radius 1 is 1.09 bits per heavy atom. The molecule has 3 aromatic rings. The van der Waals surface area contributed by atoms with Crippen molar-refractivity contribution in [1.29, 1.82) is 0 Å². The third kappa shape index (κ3) is 3.57. The minimum atomic E-state index is -0.351. The van der Waals surface area contributed by atoms with Crippen molar-refractivity contribution in [3.63, 3.8) is 0 Å². The predicted octanol–water partition coefficient (Wildman–Crippen LogP) is 3.85. The lowest BCUT2D eigenvalue weighted by atomic mass is 10.2. The number of anilines is 1. The third-order valence-electron chi connectivity index (χ3n) is 3.09. The topological polar surface area (TPSA) is 68.0 Å². The lowest BCUT2D eigenvalue weighted by molar-refractivity contribution is 0.102. The van der Waals surface area contributed by atoms with Gasteiger partial charge in [0.15, 0.2) is 0 Å². The summed E-state index contributed by atoms with van der Waals surface area (Å²) in [6.07, 6.45) is 1.96. The van der Waals surface area contributed by atoms with Gasteiger partial charge in [-0.1, -0.05) is 5.10 Å². The van der Waals surface area contributed by atoms with E-state index in [4.69, 9.17) is 4.42 Å². The molecule has 0 aliphatic rings.